The molecule has 6 aliphatic rings. The molecule has 0 saturated heterocycles. The maximum Gasteiger partial charge on any atom is 0.218 e. The van der Waals surface area contributed by atoms with Gasteiger partial charge in [0.2, 0.25) is 16.5 Å². The van der Waals surface area contributed by atoms with Gasteiger partial charge in [0, 0.05) is 104 Å². The predicted octanol–water partition coefficient (Wildman–Crippen LogP) is 23.8. The lowest BCUT2D eigenvalue weighted by atomic mass is 9.13. The predicted molar refractivity (Wildman–Crippen MR) is 504 cm³/mol. The van der Waals surface area contributed by atoms with Crippen LogP contribution >= 0.6 is 23.5 Å². The molecule has 10 aromatic carbocycles. The molecule has 1 aromatic heterocycles. The number of thioether (sulfide) groups is 2. The fraction of sp³-hybridized carbons (Fsp3) is 0.262. The molecule has 0 saturated carbocycles. The molecule has 0 N–H and O–H groups in total. The minimum absolute atomic E-state index is 0.0309. The van der Waals surface area contributed by atoms with Crippen molar-refractivity contribution < 1.29 is 9.15 Å². The number of tetrazole rings is 1. The van der Waals surface area contributed by atoms with Gasteiger partial charge in [-0.15, -0.1) is 5.10 Å². The summed E-state index contributed by atoms with van der Waals surface area (Å²) >= 11 is 3.62. The number of likely N-dealkylation sites (N-methyl/N-ethyl adjacent to an activating group) is 1. The summed E-state index contributed by atoms with van der Waals surface area (Å²) in [7, 11) is 4.36. The summed E-state index contributed by atoms with van der Waals surface area (Å²) in [5, 5.41) is 13.7. The maximum atomic E-state index is 4.50. The third kappa shape index (κ3) is 16.4. The largest absolute Gasteiger partial charge is 0.347 e. The van der Waals surface area contributed by atoms with Crippen LogP contribution in [0.1, 0.15) is 156 Å². The molecule has 0 fully saturated rings. The summed E-state index contributed by atoms with van der Waals surface area (Å²) in [6.45, 7) is 25.6. The number of benzene rings is 10. The molecule has 0 unspecified atom stereocenters. The smallest absolute Gasteiger partial charge is 0.218 e. The Balaban J connectivity index is 0.000000145. The van der Waals surface area contributed by atoms with E-state index < -0.39 is 6.15 Å². The lowest BCUT2D eigenvalue weighted by molar-refractivity contribution is -0.438. The van der Waals surface area contributed by atoms with Gasteiger partial charge in [-0.1, -0.05) is 321 Å². The highest BCUT2D eigenvalue weighted by atomic mass is 32.2. The van der Waals surface area contributed by atoms with Gasteiger partial charge in [-0.3, -0.25) is 0 Å². The van der Waals surface area contributed by atoms with Gasteiger partial charge < -0.3 is 9.80 Å². The third-order valence-corrected chi connectivity index (χ3v) is 27.9. The minimum Gasteiger partial charge on any atom is -0.347 e. The van der Waals surface area contributed by atoms with Crippen LogP contribution in [0.5, 0.6) is 0 Å². The van der Waals surface area contributed by atoms with Crippen molar-refractivity contribution >= 4 is 85.7 Å². The number of allylic oxidation sites excluding steroid dienone is 14. The Bertz CT molecular complexity index is 5580. The number of hydrogen-bond donors (Lipinski definition) is 0. The van der Waals surface area contributed by atoms with E-state index in [9.17, 15) is 0 Å². The average molecular weight is 1590 g/mol. The number of fused-ring (bicyclic) bond motifs is 4. The number of nitrogens with zero attached hydrogens (tertiary/aromatic N) is 8. The van der Waals surface area contributed by atoms with Crippen LogP contribution in [0.2, 0.25) is 0 Å². The summed E-state index contributed by atoms with van der Waals surface area (Å²) in [6, 6.07) is 100. The standard InChI is InChI=1S/C44H53N2S.C39H41N6S.C24H20B/c1-7-9-31-45-38-25-16-14-23-36(38)43(3,4)40(45)29-27-33-19-18-20-34(42(33)47-35-21-12-11-13-22-35)28-30-41-44(5,6)37-24-15-17-26-39(37)46(41)32-10-8-2;1-38(2)30-19-10-12-21-32(30)43(5)34(38)25-23-27-15-14-16-28(24-26-35-39(3,4)31-20-11-13-22-33(31)44(35)6)36(27)46-37-40-41-42-45(37)29-17-8-7-9-18-29;1-5-13-21(14-6-1)25(22-15-7-2-8-16-22,23-17-9-3-10-18-23)24-19-11-4-12-20-24/h11-17,21-30H,7-10,18-20,31-32H2,1-6H3;7-13,17-26H,14-16H2,1-6H3;1-20H/q2*+1;-1. The second-order valence-electron chi connectivity index (χ2n) is 34.3. The summed E-state index contributed by atoms with van der Waals surface area (Å²) < 4.78 is 6.77. The van der Waals surface area contributed by atoms with Crippen molar-refractivity contribution in [1.82, 2.24) is 20.2 Å². The molecule has 8 nitrogen and oxygen atoms in total. The number of anilines is 2. The molecule has 17 rings (SSSR count). The molecule has 0 radical (unpaired) electrons. The highest BCUT2D eigenvalue weighted by Gasteiger charge is 2.46. The van der Waals surface area contributed by atoms with Gasteiger partial charge in [-0.2, -0.15) is 35.7 Å². The van der Waals surface area contributed by atoms with Crippen LogP contribution in [0.15, 0.2) is 381 Å². The number of unbranched alkanes of at least 4 members (excludes halogenated alkanes) is 2. The van der Waals surface area contributed by atoms with Crippen molar-refractivity contribution in [3.05, 3.63) is 393 Å². The van der Waals surface area contributed by atoms with Gasteiger partial charge in [0.05, 0.1) is 16.5 Å². The van der Waals surface area contributed by atoms with E-state index in [1.54, 1.807) is 11.8 Å². The molecule has 4 aliphatic heterocycles. The molecule has 0 atom stereocenters. The first kappa shape index (κ1) is 82.0. The van der Waals surface area contributed by atoms with Gasteiger partial charge in [0.1, 0.15) is 19.7 Å². The van der Waals surface area contributed by atoms with E-state index >= 15 is 0 Å². The molecule has 11 heteroatoms. The maximum absolute atomic E-state index is 4.50. The van der Waals surface area contributed by atoms with Crippen LogP contribution in [0, 0.1) is 0 Å². The lowest BCUT2D eigenvalue weighted by Gasteiger charge is -2.44. The van der Waals surface area contributed by atoms with Crippen LogP contribution in [0.4, 0.5) is 22.7 Å². The van der Waals surface area contributed by atoms with Gasteiger partial charge in [-0.25, -0.2) is 0 Å². The van der Waals surface area contributed by atoms with E-state index in [4.69, 9.17) is 0 Å². The normalized spacial score (nSPS) is 18.3. The molecular formula is C107H114BN8S2+. The Morgan fingerprint density at radius 3 is 1.36 bits per heavy atom. The summed E-state index contributed by atoms with van der Waals surface area (Å²) in [5.41, 5.74) is 28.0. The van der Waals surface area contributed by atoms with E-state index in [0.29, 0.717) is 0 Å². The highest BCUT2D eigenvalue weighted by molar-refractivity contribution is 8.03. The molecular weight excluding hydrogens is 1470 g/mol. The fourth-order valence-corrected chi connectivity index (χ4v) is 21.4. The van der Waals surface area contributed by atoms with Crippen molar-refractivity contribution in [3.8, 4) is 5.69 Å². The summed E-state index contributed by atoms with van der Waals surface area (Å²) in [4.78, 5) is 8.90. The van der Waals surface area contributed by atoms with Gasteiger partial charge >= 0.3 is 0 Å². The monoisotopic (exact) mass is 1590 g/mol. The van der Waals surface area contributed by atoms with Crippen LogP contribution < -0.4 is 31.7 Å². The Morgan fingerprint density at radius 1 is 0.415 bits per heavy atom. The zero-order valence-electron chi connectivity index (χ0n) is 71.1. The molecule has 0 amide bonds. The van der Waals surface area contributed by atoms with Crippen molar-refractivity contribution in [2.24, 2.45) is 0 Å². The van der Waals surface area contributed by atoms with Crippen LogP contribution in [0.3, 0.4) is 0 Å². The molecule has 5 heterocycles. The first-order valence-corrected chi connectivity index (χ1v) is 44.4. The molecule has 2 aliphatic carbocycles. The van der Waals surface area contributed by atoms with Crippen molar-refractivity contribution in [3.63, 3.8) is 0 Å². The van der Waals surface area contributed by atoms with Crippen molar-refractivity contribution in [1.29, 1.82) is 0 Å². The zero-order chi connectivity index (χ0) is 82.0. The average Bonchev–Trinajstić information content (AvgIpc) is 1.73. The van der Waals surface area contributed by atoms with E-state index in [0.717, 1.165) is 56.0 Å². The molecule has 11 aromatic rings. The van der Waals surface area contributed by atoms with E-state index in [2.05, 4.69) is 415 Å². The Hall–Kier alpha value is -11.1. The molecule has 118 heavy (non-hydrogen) atoms. The first-order chi connectivity index (χ1) is 57.4. The van der Waals surface area contributed by atoms with Crippen molar-refractivity contribution in [2.75, 3.05) is 37.0 Å². The molecule has 0 spiro atoms. The Morgan fingerprint density at radius 2 is 0.839 bits per heavy atom. The Labute approximate surface area is 711 Å². The number of hydrogen-bond acceptors (Lipinski definition) is 7. The highest BCUT2D eigenvalue weighted by Crippen LogP contribution is 2.51. The minimum atomic E-state index is -1.22. The SMILES string of the molecule is CCCCN1/C(=C/C=C2\CCCC(/C=C/C3=[N+](CCCC)c4ccccc4C3(C)C)=C2Sc2ccccc2)C(C)(C)c2ccccc21.CN1/C(=C/C=C2\CCCC(/C=C/C3=[N+](C)c4ccccc4C3(C)C)=C2Sc2nnnn2-c2ccccc2)C(C)(C)c2ccccc21.c1ccc([B-](c2ccccc2)(c2ccccc2)c2ccccc2)cc1. The number of rotatable bonds is 21. The molecule has 596 valence electrons. The number of aromatic nitrogens is 4. The second kappa shape index (κ2) is 36.0. The van der Waals surface area contributed by atoms with Crippen molar-refractivity contribution in [2.45, 2.75) is 165 Å². The second-order valence-corrected chi connectivity index (χ2v) is 36.3. The quantitative estimate of drug-likeness (QED) is 0.0525. The first-order valence-electron chi connectivity index (χ1n) is 42.8. The zero-order valence-corrected chi connectivity index (χ0v) is 72.8. The van der Waals surface area contributed by atoms with E-state index in [1.165, 1.54) is 159 Å². The molecule has 0 bridgehead atoms. The van der Waals surface area contributed by atoms with Gasteiger partial charge in [0.15, 0.2) is 11.4 Å². The van der Waals surface area contributed by atoms with Gasteiger partial charge in [0.25, 0.3) is 0 Å². The summed E-state index contributed by atoms with van der Waals surface area (Å²) in [6.07, 6.45) is 29.3. The van der Waals surface area contributed by atoms with Crippen LogP contribution in [-0.4, -0.2) is 74.1 Å². The van der Waals surface area contributed by atoms with E-state index in [1.807, 2.05) is 46.8 Å². The Kier molecular flexibility index (Phi) is 25.0. The van der Waals surface area contributed by atoms with Crippen LogP contribution in [-0.2, 0) is 21.7 Å². The topological polar surface area (TPSA) is 56.1 Å². The third-order valence-electron chi connectivity index (χ3n) is 25.5. The number of para-hydroxylation sites is 5. The van der Waals surface area contributed by atoms with Crippen LogP contribution in [0.25, 0.3) is 5.69 Å². The summed E-state index contributed by atoms with van der Waals surface area (Å²) in [5.74, 6) is 0. The van der Waals surface area contributed by atoms with E-state index in [-0.39, 0.29) is 21.7 Å². The lowest BCUT2D eigenvalue weighted by Crippen LogP contribution is -2.74. The fourth-order valence-electron chi connectivity index (χ4n) is 19.2. The van der Waals surface area contributed by atoms with Gasteiger partial charge in [-0.05, 0) is 177 Å².